The fraction of sp³-hybridized carbons (Fsp3) is 0.684. The molecule has 3 atom stereocenters. The number of benzene rings is 1. The Bertz CT molecular complexity index is 429. The van der Waals surface area contributed by atoms with Crippen LogP contribution >= 0.6 is 0 Å². The minimum Gasteiger partial charge on any atom is -0.314 e. The number of rotatable bonds is 6. The predicted octanol–water partition coefficient (Wildman–Crippen LogP) is 4.81. The zero-order valence-electron chi connectivity index (χ0n) is 13.7. The second-order valence-corrected chi connectivity index (χ2v) is 6.97. The van der Waals surface area contributed by atoms with Gasteiger partial charge in [0, 0.05) is 6.04 Å². The number of hydrogen-bond donors (Lipinski definition) is 1. The van der Waals surface area contributed by atoms with Gasteiger partial charge in [-0.25, -0.2) is 4.39 Å². The van der Waals surface area contributed by atoms with Gasteiger partial charge in [0.1, 0.15) is 5.82 Å². The molecule has 0 saturated heterocycles. The van der Waals surface area contributed by atoms with Gasteiger partial charge in [-0.05, 0) is 74.1 Å². The monoisotopic (exact) mass is 291 g/mol. The van der Waals surface area contributed by atoms with E-state index in [1.165, 1.54) is 31.7 Å². The Hall–Kier alpha value is -0.890. The van der Waals surface area contributed by atoms with Crippen molar-refractivity contribution in [2.75, 3.05) is 6.54 Å². The third-order valence-electron chi connectivity index (χ3n) is 5.01. The number of nitrogens with one attached hydrogen (secondary N) is 1. The molecule has 1 aromatic carbocycles. The molecule has 21 heavy (non-hydrogen) atoms. The lowest BCUT2D eigenvalue weighted by Crippen LogP contribution is -2.42. The Morgan fingerprint density at radius 2 is 2.10 bits per heavy atom. The van der Waals surface area contributed by atoms with Crippen molar-refractivity contribution in [2.45, 2.75) is 58.9 Å². The molecule has 1 fully saturated rings. The summed E-state index contributed by atoms with van der Waals surface area (Å²) >= 11 is 0. The van der Waals surface area contributed by atoms with E-state index in [1.807, 2.05) is 6.07 Å². The predicted molar refractivity (Wildman–Crippen MR) is 87.9 cm³/mol. The summed E-state index contributed by atoms with van der Waals surface area (Å²) in [6, 6.07) is 7.74. The molecule has 0 heterocycles. The minimum atomic E-state index is -0.109. The van der Waals surface area contributed by atoms with Crippen LogP contribution in [0.5, 0.6) is 0 Å². The topological polar surface area (TPSA) is 12.0 Å². The van der Waals surface area contributed by atoms with Gasteiger partial charge in [-0.3, -0.25) is 0 Å². The smallest absolute Gasteiger partial charge is 0.123 e. The summed E-state index contributed by atoms with van der Waals surface area (Å²) in [6.07, 6.45) is 6.05. The van der Waals surface area contributed by atoms with Gasteiger partial charge in [0.15, 0.2) is 0 Å². The highest BCUT2D eigenvalue weighted by Gasteiger charge is 2.31. The molecule has 0 radical (unpaired) electrons. The van der Waals surface area contributed by atoms with Crippen molar-refractivity contribution in [1.82, 2.24) is 5.32 Å². The highest BCUT2D eigenvalue weighted by Crippen LogP contribution is 2.35. The first-order valence-corrected chi connectivity index (χ1v) is 8.58. The van der Waals surface area contributed by atoms with Crippen LogP contribution in [0.2, 0.25) is 0 Å². The summed E-state index contributed by atoms with van der Waals surface area (Å²) in [6.45, 7) is 7.98. The van der Waals surface area contributed by atoms with Crippen molar-refractivity contribution >= 4 is 0 Å². The highest BCUT2D eigenvalue weighted by molar-refractivity contribution is 5.17. The summed E-state index contributed by atoms with van der Waals surface area (Å²) in [5, 5.41) is 3.72. The second kappa shape index (κ2) is 7.93. The lowest BCUT2D eigenvalue weighted by Gasteiger charge is -2.38. The first kappa shape index (κ1) is 16.5. The average molecular weight is 291 g/mol. The maximum absolute atomic E-state index is 13.4. The summed E-state index contributed by atoms with van der Waals surface area (Å²) < 4.78 is 13.4. The van der Waals surface area contributed by atoms with Gasteiger partial charge in [0.05, 0.1) is 0 Å². The van der Waals surface area contributed by atoms with Crippen LogP contribution in [0.3, 0.4) is 0 Å². The molecular weight excluding hydrogens is 261 g/mol. The molecule has 0 aromatic heterocycles. The largest absolute Gasteiger partial charge is 0.314 e. The van der Waals surface area contributed by atoms with Crippen molar-refractivity contribution in [2.24, 2.45) is 17.8 Å². The summed E-state index contributed by atoms with van der Waals surface area (Å²) in [5.41, 5.74) is 1.15. The lowest BCUT2D eigenvalue weighted by atomic mass is 9.71. The molecule has 2 heteroatoms. The van der Waals surface area contributed by atoms with Crippen molar-refractivity contribution in [3.05, 3.63) is 35.6 Å². The Kier molecular flexibility index (Phi) is 6.22. The highest BCUT2D eigenvalue weighted by atomic mass is 19.1. The van der Waals surface area contributed by atoms with Gasteiger partial charge >= 0.3 is 0 Å². The molecular formula is C19H30FN. The molecule has 0 bridgehead atoms. The first-order chi connectivity index (χ1) is 10.1. The van der Waals surface area contributed by atoms with Gasteiger partial charge in [-0.2, -0.15) is 0 Å². The summed E-state index contributed by atoms with van der Waals surface area (Å²) in [4.78, 5) is 0. The molecule has 1 aliphatic carbocycles. The van der Waals surface area contributed by atoms with Crippen LogP contribution in [0.1, 0.15) is 52.0 Å². The molecule has 1 nitrogen and oxygen atoms in total. The zero-order chi connectivity index (χ0) is 15.2. The molecule has 0 aliphatic heterocycles. The summed E-state index contributed by atoms with van der Waals surface area (Å²) in [5.74, 6) is 2.11. The molecule has 3 unspecified atom stereocenters. The Morgan fingerprint density at radius 3 is 2.76 bits per heavy atom. The van der Waals surface area contributed by atoms with Crippen LogP contribution in [0, 0.1) is 23.6 Å². The van der Waals surface area contributed by atoms with Crippen LogP contribution in [-0.4, -0.2) is 12.6 Å². The Balaban J connectivity index is 2.05. The fourth-order valence-electron chi connectivity index (χ4n) is 3.70. The van der Waals surface area contributed by atoms with E-state index in [4.69, 9.17) is 0 Å². The van der Waals surface area contributed by atoms with Crippen LogP contribution in [0.4, 0.5) is 4.39 Å². The van der Waals surface area contributed by atoms with E-state index in [0.29, 0.717) is 12.0 Å². The van der Waals surface area contributed by atoms with Crippen LogP contribution in [-0.2, 0) is 6.42 Å². The first-order valence-electron chi connectivity index (χ1n) is 8.58. The zero-order valence-corrected chi connectivity index (χ0v) is 13.7. The van der Waals surface area contributed by atoms with Crippen molar-refractivity contribution in [3.63, 3.8) is 0 Å². The van der Waals surface area contributed by atoms with E-state index in [-0.39, 0.29) is 5.82 Å². The maximum atomic E-state index is 13.4. The van der Waals surface area contributed by atoms with E-state index in [2.05, 4.69) is 32.2 Å². The van der Waals surface area contributed by atoms with E-state index >= 15 is 0 Å². The van der Waals surface area contributed by atoms with Crippen molar-refractivity contribution in [3.8, 4) is 0 Å². The Morgan fingerprint density at radius 1 is 1.29 bits per heavy atom. The molecule has 0 spiro atoms. The average Bonchev–Trinajstić information content (AvgIpc) is 2.46. The third kappa shape index (κ3) is 4.81. The van der Waals surface area contributed by atoms with Crippen LogP contribution in [0.15, 0.2) is 24.3 Å². The standard InChI is InChI=1S/C19H30FN/c1-4-10-21-19-9-8-16(14(2)3)13-17(19)11-15-6-5-7-18(20)12-15/h5-7,12,14,16-17,19,21H,4,8-11,13H2,1-3H3. The van der Waals surface area contributed by atoms with Gasteiger partial charge in [0.25, 0.3) is 0 Å². The molecule has 1 saturated carbocycles. The van der Waals surface area contributed by atoms with E-state index < -0.39 is 0 Å². The molecule has 1 N–H and O–H groups in total. The normalized spacial score (nSPS) is 26.2. The van der Waals surface area contributed by atoms with E-state index in [9.17, 15) is 4.39 Å². The van der Waals surface area contributed by atoms with Crippen LogP contribution < -0.4 is 5.32 Å². The quantitative estimate of drug-likeness (QED) is 0.793. The molecule has 1 aromatic rings. The van der Waals surface area contributed by atoms with Crippen molar-refractivity contribution < 1.29 is 4.39 Å². The molecule has 0 amide bonds. The fourth-order valence-corrected chi connectivity index (χ4v) is 3.70. The minimum absolute atomic E-state index is 0.109. The van der Waals surface area contributed by atoms with Gasteiger partial charge in [-0.15, -0.1) is 0 Å². The number of hydrogen-bond acceptors (Lipinski definition) is 1. The van der Waals surface area contributed by atoms with E-state index in [1.54, 1.807) is 6.07 Å². The summed E-state index contributed by atoms with van der Waals surface area (Å²) in [7, 11) is 0. The molecule has 2 rings (SSSR count). The van der Waals surface area contributed by atoms with Gasteiger partial charge < -0.3 is 5.32 Å². The number of halogens is 1. The lowest BCUT2D eigenvalue weighted by molar-refractivity contribution is 0.167. The maximum Gasteiger partial charge on any atom is 0.123 e. The second-order valence-electron chi connectivity index (χ2n) is 6.97. The van der Waals surface area contributed by atoms with E-state index in [0.717, 1.165) is 30.4 Å². The third-order valence-corrected chi connectivity index (χ3v) is 5.01. The molecule has 118 valence electrons. The van der Waals surface area contributed by atoms with Crippen LogP contribution in [0.25, 0.3) is 0 Å². The van der Waals surface area contributed by atoms with Gasteiger partial charge in [-0.1, -0.05) is 32.9 Å². The van der Waals surface area contributed by atoms with Crippen molar-refractivity contribution in [1.29, 1.82) is 0 Å². The van der Waals surface area contributed by atoms with Gasteiger partial charge in [0.2, 0.25) is 0 Å². The SMILES string of the molecule is CCCNC1CCC(C(C)C)CC1Cc1cccc(F)c1. The molecule has 1 aliphatic rings. The Labute approximate surface area is 129 Å².